The molecule has 35 heavy (non-hydrogen) atoms. The number of carboxylic acids is 1. The molecule has 0 bridgehead atoms. The summed E-state index contributed by atoms with van der Waals surface area (Å²) >= 11 is 0. The van der Waals surface area contributed by atoms with Crippen molar-refractivity contribution < 1.29 is 24.2 Å². The summed E-state index contributed by atoms with van der Waals surface area (Å²) in [4.78, 5) is 36.3. The van der Waals surface area contributed by atoms with Crippen LogP contribution in [0.25, 0.3) is 11.1 Å². The van der Waals surface area contributed by atoms with Gasteiger partial charge in [0.15, 0.2) is 0 Å². The first-order valence-electron chi connectivity index (χ1n) is 11.6. The second-order valence-corrected chi connectivity index (χ2v) is 9.25. The highest BCUT2D eigenvalue weighted by Gasteiger charge is 2.50. The van der Waals surface area contributed by atoms with Gasteiger partial charge in [0.1, 0.15) is 6.61 Å². The number of hydrogen-bond acceptors (Lipinski definition) is 4. The Kier molecular flexibility index (Phi) is 5.76. The van der Waals surface area contributed by atoms with Gasteiger partial charge >= 0.3 is 12.1 Å². The largest absolute Gasteiger partial charge is 0.481 e. The number of aliphatic carboxylic acids is 1. The van der Waals surface area contributed by atoms with Gasteiger partial charge in [-0.15, -0.1) is 0 Å². The molecule has 3 aromatic carbocycles. The van der Waals surface area contributed by atoms with E-state index in [0.29, 0.717) is 29.7 Å². The van der Waals surface area contributed by atoms with Crippen LogP contribution in [-0.4, -0.2) is 36.2 Å². The zero-order chi connectivity index (χ0) is 24.6. The second-order valence-electron chi connectivity index (χ2n) is 9.25. The normalized spacial score (nSPS) is 15.0. The fourth-order valence-electron chi connectivity index (χ4n) is 4.66. The Balaban J connectivity index is 1.20. The molecule has 7 nitrogen and oxygen atoms in total. The van der Waals surface area contributed by atoms with Crippen molar-refractivity contribution in [3.8, 4) is 11.1 Å². The van der Waals surface area contributed by atoms with E-state index in [-0.39, 0.29) is 25.0 Å². The molecule has 0 spiro atoms. The first-order chi connectivity index (χ1) is 16.9. The maximum absolute atomic E-state index is 12.6. The quantitative estimate of drug-likeness (QED) is 0.453. The number of benzene rings is 3. The number of hydrogen-bond donors (Lipinski definition) is 3. The molecule has 1 saturated carbocycles. The van der Waals surface area contributed by atoms with Crippen molar-refractivity contribution in [2.75, 3.05) is 18.5 Å². The smallest absolute Gasteiger partial charge is 0.411 e. The molecule has 178 valence electrons. The molecule has 0 unspecified atom stereocenters. The van der Waals surface area contributed by atoms with E-state index >= 15 is 0 Å². The molecule has 5 rings (SSSR count). The fourth-order valence-corrected chi connectivity index (χ4v) is 4.66. The van der Waals surface area contributed by atoms with Crippen LogP contribution in [0.1, 0.15) is 45.8 Å². The fraction of sp³-hybridized carbons (Fsp3) is 0.250. The average Bonchev–Trinajstić information content (AvgIpc) is 3.59. The third-order valence-corrected chi connectivity index (χ3v) is 6.96. The van der Waals surface area contributed by atoms with Gasteiger partial charge in [-0.2, -0.15) is 0 Å². The van der Waals surface area contributed by atoms with Crippen LogP contribution in [0.4, 0.5) is 10.5 Å². The summed E-state index contributed by atoms with van der Waals surface area (Å²) in [6.07, 6.45) is 0.583. The number of carbonyl (C=O) groups is 3. The van der Waals surface area contributed by atoms with E-state index < -0.39 is 17.5 Å². The number of amides is 2. The number of fused-ring (bicyclic) bond motifs is 3. The summed E-state index contributed by atoms with van der Waals surface area (Å²) in [7, 11) is 0. The van der Waals surface area contributed by atoms with Crippen LogP contribution in [0.5, 0.6) is 0 Å². The van der Waals surface area contributed by atoms with Gasteiger partial charge in [-0.1, -0.05) is 48.5 Å². The number of anilines is 1. The molecule has 0 heterocycles. The zero-order valence-electron chi connectivity index (χ0n) is 19.3. The Labute approximate surface area is 203 Å². The standard InChI is InChI=1S/C28H26N2O5/c1-17-14-18(25(31)29-16-28(12-13-28)26(32)33)10-11-24(17)30-27(34)35-15-23-21-8-4-2-6-19(21)20-7-3-5-9-22(20)23/h2-11,14,23H,12-13,15-16H2,1H3,(H,29,31)(H,30,34)(H,32,33). The van der Waals surface area contributed by atoms with Gasteiger partial charge in [0, 0.05) is 23.7 Å². The van der Waals surface area contributed by atoms with Crippen molar-refractivity contribution in [1.29, 1.82) is 0 Å². The Morgan fingerprint density at radius 2 is 1.60 bits per heavy atom. The predicted octanol–water partition coefficient (Wildman–Crippen LogP) is 4.95. The van der Waals surface area contributed by atoms with Crippen molar-refractivity contribution in [2.45, 2.75) is 25.7 Å². The molecule has 0 aromatic heterocycles. The average molecular weight is 471 g/mol. The number of carbonyl (C=O) groups excluding carboxylic acids is 2. The molecule has 7 heteroatoms. The van der Waals surface area contributed by atoms with Gasteiger partial charge in [0.05, 0.1) is 5.41 Å². The van der Waals surface area contributed by atoms with Gasteiger partial charge in [0.2, 0.25) is 0 Å². The van der Waals surface area contributed by atoms with E-state index in [4.69, 9.17) is 4.74 Å². The van der Waals surface area contributed by atoms with Gasteiger partial charge in [0.25, 0.3) is 5.91 Å². The summed E-state index contributed by atoms with van der Waals surface area (Å²) in [5.74, 6) is -1.24. The lowest BCUT2D eigenvalue weighted by molar-refractivity contribution is -0.143. The molecule has 2 aliphatic carbocycles. The lowest BCUT2D eigenvalue weighted by Gasteiger charge is -2.16. The molecule has 0 saturated heterocycles. The maximum atomic E-state index is 12.6. The Morgan fingerprint density at radius 1 is 0.971 bits per heavy atom. The molecule has 0 atom stereocenters. The number of carboxylic acid groups (broad SMARTS) is 1. The van der Waals surface area contributed by atoms with Crippen LogP contribution < -0.4 is 10.6 Å². The topological polar surface area (TPSA) is 105 Å². The molecule has 0 radical (unpaired) electrons. The van der Waals surface area contributed by atoms with Crippen LogP contribution in [0.2, 0.25) is 0 Å². The number of aryl methyl sites for hydroxylation is 1. The molecule has 3 aromatic rings. The van der Waals surface area contributed by atoms with E-state index in [2.05, 4.69) is 34.9 Å². The van der Waals surface area contributed by atoms with Gasteiger partial charge in [-0.25, -0.2) is 4.79 Å². The van der Waals surface area contributed by atoms with E-state index in [9.17, 15) is 19.5 Å². The number of rotatable bonds is 7. The lowest BCUT2D eigenvalue weighted by atomic mass is 9.98. The van der Waals surface area contributed by atoms with Crippen LogP contribution in [-0.2, 0) is 9.53 Å². The summed E-state index contributed by atoms with van der Waals surface area (Å²) < 4.78 is 5.60. The first-order valence-corrected chi connectivity index (χ1v) is 11.6. The van der Waals surface area contributed by atoms with Crippen LogP contribution >= 0.6 is 0 Å². The van der Waals surface area contributed by atoms with E-state index in [1.54, 1.807) is 25.1 Å². The predicted molar refractivity (Wildman–Crippen MR) is 132 cm³/mol. The van der Waals surface area contributed by atoms with Crippen molar-refractivity contribution in [3.63, 3.8) is 0 Å². The second kappa shape index (κ2) is 8.91. The number of ether oxygens (including phenoxy) is 1. The molecule has 1 fully saturated rings. The summed E-state index contributed by atoms with van der Waals surface area (Å²) in [5.41, 5.74) is 5.44. The van der Waals surface area contributed by atoms with Gasteiger partial charge < -0.3 is 15.2 Å². The van der Waals surface area contributed by atoms with E-state index in [1.165, 1.54) is 0 Å². The summed E-state index contributed by atoms with van der Waals surface area (Å²) in [5, 5.41) is 14.7. The maximum Gasteiger partial charge on any atom is 0.411 e. The van der Waals surface area contributed by atoms with E-state index in [1.807, 2.05) is 24.3 Å². The van der Waals surface area contributed by atoms with Gasteiger partial charge in [-0.05, 0) is 65.8 Å². The third kappa shape index (κ3) is 4.37. The molecular formula is C28H26N2O5. The van der Waals surface area contributed by atoms with E-state index in [0.717, 1.165) is 22.3 Å². The summed E-state index contributed by atoms with van der Waals surface area (Å²) in [6.45, 7) is 2.11. The Bertz CT molecular complexity index is 1280. The SMILES string of the molecule is Cc1cc(C(=O)NCC2(C(=O)O)CC2)ccc1NC(=O)OCC1c2ccccc2-c2ccccc21. The summed E-state index contributed by atoms with van der Waals surface area (Å²) in [6, 6.07) is 21.2. The molecule has 2 amide bonds. The van der Waals surface area contributed by atoms with Crippen LogP contribution in [0.3, 0.4) is 0 Å². The first kappa shape index (κ1) is 22.7. The van der Waals surface area contributed by atoms with Crippen molar-refractivity contribution in [1.82, 2.24) is 5.32 Å². The highest BCUT2D eigenvalue weighted by atomic mass is 16.5. The third-order valence-electron chi connectivity index (χ3n) is 6.96. The van der Waals surface area contributed by atoms with Crippen molar-refractivity contribution in [2.24, 2.45) is 5.41 Å². The minimum absolute atomic E-state index is 0.0270. The molecular weight excluding hydrogens is 444 g/mol. The minimum Gasteiger partial charge on any atom is -0.481 e. The molecule has 2 aliphatic rings. The lowest BCUT2D eigenvalue weighted by Crippen LogP contribution is -2.34. The van der Waals surface area contributed by atoms with Gasteiger partial charge in [-0.3, -0.25) is 14.9 Å². The highest BCUT2D eigenvalue weighted by molar-refractivity contribution is 5.96. The van der Waals surface area contributed by atoms with Crippen molar-refractivity contribution in [3.05, 3.63) is 89.0 Å². The van der Waals surface area contributed by atoms with Crippen LogP contribution in [0.15, 0.2) is 66.7 Å². The Hall–Kier alpha value is -4.13. The Morgan fingerprint density at radius 3 is 2.17 bits per heavy atom. The number of nitrogens with one attached hydrogen (secondary N) is 2. The molecule has 0 aliphatic heterocycles. The molecule has 3 N–H and O–H groups in total. The van der Waals surface area contributed by atoms with Crippen LogP contribution in [0, 0.1) is 12.3 Å². The zero-order valence-corrected chi connectivity index (χ0v) is 19.3. The highest BCUT2D eigenvalue weighted by Crippen LogP contribution is 2.45. The van der Waals surface area contributed by atoms with Crippen molar-refractivity contribution >= 4 is 23.7 Å². The minimum atomic E-state index is -0.878. The monoisotopic (exact) mass is 470 g/mol.